The van der Waals surface area contributed by atoms with Crippen LogP contribution in [0.5, 0.6) is 11.5 Å². The van der Waals surface area contributed by atoms with Gasteiger partial charge in [-0.2, -0.15) is 0 Å². The molecule has 2 heterocycles. The van der Waals surface area contributed by atoms with Crippen LogP contribution in [0.4, 0.5) is 0 Å². The van der Waals surface area contributed by atoms with Crippen LogP contribution in [0.2, 0.25) is 0 Å². The Bertz CT molecular complexity index is 939. The van der Waals surface area contributed by atoms with Gasteiger partial charge in [0, 0.05) is 11.1 Å². The van der Waals surface area contributed by atoms with Gasteiger partial charge in [-0.1, -0.05) is 18.2 Å². The second kappa shape index (κ2) is 6.88. The lowest BCUT2D eigenvalue weighted by Gasteiger charge is -2.15. The Labute approximate surface area is 151 Å². The van der Waals surface area contributed by atoms with Crippen LogP contribution in [0.1, 0.15) is 18.1 Å². The number of cyclic esters (lactones) is 1. The molecule has 0 saturated heterocycles. The van der Waals surface area contributed by atoms with Crippen LogP contribution >= 0.6 is 0 Å². The van der Waals surface area contributed by atoms with E-state index in [0.717, 1.165) is 28.2 Å². The Morgan fingerprint density at radius 1 is 1.15 bits per heavy atom. The molecule has 5 heteroatoms. The normalized spacial score (nSPS) is 17.1. The second-order valence-electron chi connectivity index (χ2n) is 5.84. The summed E-state index contributed by atoms with van der Waals surface area (Å²) in [6, 6.07) is 15.0. The summed E-state index contributed by atoms with van der Waals surface area (Å²) in [7, 11) is 0. The summed E-state index contributed by atoms with van der Waals surface area (Å²) in [6.07, 6.45) is 3.70. The van der Waals surface area contributed by atoms with Crippen molar-refractivity contribution in [2.75, 3.05) is 13.2 Å². The zero-order valence-electron chi connectivity index (χ0n) is 14.3. The van der Waals surface area contributed by atoms with Gasteiger partial charge in [0.05, 0.1) is 6.61 Å². The molecular weight excluding hydrogens is 330 g/mol. The van der Waals surface area contributed by atoms with Gasteiger partial charge in [-0.25, -0.2) is 9.79 Å². The molecule has 0 spiro atoms. The molecule has 0 saturated carbocycles. The largest absolute Gasteiger partial charge is 0.494 e. The predicted octanol–water partition coefficient (Wildman–Crippen LogP) is 3.75. The van der Waals surface area contributed by atoms with Gasteiger partial charge >= 0.3 is 5.97 Å². The summed E-state index contributed by atoms with van der Waals surface area (Å²) < 4.78 is 16.4. The SMILES string of the molecule is CCOc1ccc(C2=NC(=CC3=Cc4ccccc4OC3)C(=O)O2)cc1. The number of hydrogen-bond donors (Lipinski definition) is 0. The van der Waals surface area contributed by atoms with Gasteiger partial charge < -0.3 is 14.2 Å². The molecule has 0 radical (unpaired) electrons. The molecule has 2 aliphatic rings. The Morgan fingerprint density at radius 2 is 1.96 bits per heavy atom. The van der Waals surface area contributed by atoms with E-state index >= 15 is 0 Å². The standard InChI is InChI=1S/C21H17NO4/c1-2-24-17-9-7-15(8-10-17)20-22-18(21(23)26-20)12-14-11-16-5-3-4-6-19(16)25-13-14/h3-12H,2,13H2,1H3. The van der Waals surface area contributed by atoms with E-state index < -0.39 is 5.97 Å². The molecule has 4 rings (SSSR count). The highest BCUT2D eigenvalue weighted by Gasteiger charge is 2.25. The van der Waals surface area contributed by atoms with E-state index in [9.17, 15) is 4.79 Å². The van der Waals surface area contributed by atoms with Crippen molar-refractivity contribution in [3.05, 3.63) is 77.0 Å². The van der Waals surface area contributed by atoms with Crippen molar-refractivity contribution in [3.8, 4) is 11.5 Å². The van der Waals surface area contributed by atoms with E-state index in [0.29, 0.717) is 19.1 Å². The van der Waals surface area contributed by atoms with Gasteiger partial charge in [0.15, 0.2) is 5.70 Å². The number of aliphatic imine (C=N–C) groups is 1. The Hall–Kier alpha value is -3.34. The average Bonchev–Trinajstić information content (AvgIpc) is 3.03. The van der Waals surface area contributed by atoms with Crippen LogP contribution in [0.15, 0.2) is 70.9 Å². The fourth-order valence-corrected chi connectivity index (χ4v) is 2.79. The van der Waals surface area contributed by atoms with Crippen LogP contribution < -0.4 is 9.47 Å². The van der Waals surface area contributed by atoms with E-state index in [-0.39, 0.29) is 5.70 Å². The highest BCUT2D eigenvalue weighted by molar-refractivity contribution is 6.11. The number of carbonyl (C=O) groups is 1. The van der Waals surface area contributed by atoms with Crippen molar-refractivity contribution in [3.63, 3.8) is 0 Å². The maximum atomic E-state index is 12.1. The first kappa shape index (κ1) is 16.1. The Kier molecular flexibility index (Phi) is 4.27. The van der Waals surface area contributed by atoms with E-state index in [1.165, 1.54) is 0 Å². The molecule has 0 amide bonds. The summed E-state index contributed by atoms with van der Waals surface area (Å²) in [5.74, 6) is 1.43. The van der Waals surface area contributed by atoms with Crippen LogP contribution in [-0.2, 0) is 9.53 Å². The fraction of sp³-hybridized carbons (Fsp3) is 0.143. The Balaban J connectivity index is 1.58. The number of fused-ring (bicyclic) bond motifs is 1. The molecule has 130 valence electrons. The smallest absolute Gasteiger partial charge is 0.363 e. The van der Waals surface area contributed by atoms with Crippen molar-refractivity contribution >= 4 is 17.9 Å². The van der Waals surface area contributed by atoms with E-state index in [1.54, 1.807) is 6.08 Å². The zero-order valence-corrected chi connectivity index (χ0v) is 14.3. The van der Waals surface area contributed by atoms with Crippen LogP contribution in [-0.4, -0.2) is 25.1 Å². The van der Waals surface area contributed by atoms with E-state index in [4.69, 9.17) is 14.2 Å². The molecule has 0 aromatic heterocycles. The second-order valence-corrected chi connectivity index (χ2v) is 5.84. The van der Waals surface area contributed by atoms with Crippen molar-refractivity contribution < 1.29 is 19.0 Å². The summed E-state index contributed by atoms with van der Waals surface area (Å²) in [6.45, 7) is 2.92. The maximum absolute atomic E-state index is 12.1. The quantitative estimate of drug-likeness (QED) is 0.624. The lowest BCUT2D eigenvalue weighted by molar-refractivity contribution is -0.130. The fourth-order valence-electron chi connectivity index (χ4n) is 2.79. The topological polar surface area (TPSA) is 57.1 Å². The lowest BCUT2D eigenvalue weighted by Crippen LogP contribution is -2.08. The molecule has 5 nitrogen and oxygen atoms in total. The third-order valence-electron chi connectivity index (χ3n) is 4.01. The number of rotatable bonds is 4. The molecule has 0 unspecified atom stereocenters. The average molecular weight is 347 g/mol. The van der Waals surface area contributed by atoms with Gasteiger partial charge in [0.1, 0.15) is 18.1 Å². The monoisotopic (exact) mass is 347 g/mol. The molecule has 0 atom stereocenters. The molecule has 0 bridgehead atoms. The Morgan fingerprint density at radius 3 is 2.77 bits per heavy atom. The number of hydrogen-bond acceptors (Lipinski definition) is 5. The third kappa shape index (κ3) is 3.24. The minimum Gasteiger partial charge on any atom is -0.494 e. The molecule has 2 aromatic rings. The first-order valence-electron chi connectivity index (χ1n) is 8.41. The van der Waals surface area contributed by atoms with Gasteiger partial charge in [-0.3, -0.25) is 0 Å². The van der Waals surface area contributed by atoms with Crippen LogP contribution in [0, 0.1) is 0 Å². The molecule has 0 fully saturated rings. The highest BCUT2D eigenvalue weighted by atomic mass is 16.6. The highest BCUT2D eigenvalue weighted by Crippen LogP contribution is 2.27. The number of ether oxygens (including phenoxy) is 3. The van der Waals surface area contributed by atoms with Crippen LogP contribution in [0.25, 0.3) is 6.08 Å². The van der Waals surface area contributed by atoms with Crippen molar-refractivity contribution in [2.24, 2.45) is 4.99 Å². The van der Waals surface area contributed by atoms with E-state index in [1.807, 2.05) is 61.5 Å². The number of para-hydroxylation sites is 1. The maximum Gasteiger partial charge on any atom is 0.363 e. The number of benzene rings is 2. The molecular formula is C21H17NO4. The van der Waals surface area contributed by atoms with Crippen LogP contribution in [0.3, 0.4) is 0 Å². The summed E-state index contributed by atoms with van der Waals surface area (Å²) in [5.41, 5.74) is 2.84. The molecule has 2 aliphatic heterocycles. The summed E-state index contributed by atoms with van der Waals surface area (Å²) in [5, 5.41) is 0. The molecule has 0 aliphatic carbocycles. The minimum absolute atomic E-state index is 0.267. The number of nitrogens with zero attached hydrogens (tertiary/aromatic N) is 1. The van der Waals surface area contributed by atoms with Gasteiger partial charge in [-0.15, -0.1) is 0 Å². The lowest BCUT2D eigenvalue weighted by atomic mass is 10.1. The van der Waals surface area contributed by atoms with Gasteiger partial charge in [0.2, 0.25) is 5.90 Å². The van der Waals surface area contributed by atoms with E-state index in [2.05, 4.69) is 4.99 Å². The summed E-state index contributed by atoms with van der Waals surface area (Å²) in [4.78, 5) is 16.5. The number of esters is 1. The molecule has 2 aromatic carbocycles. The zero-order chi connectivity index (χ0) is 17.9. The predicted molar refractivity (Wildman–Crippen MR) is 98.2 cm³/mol. The van der Waals surface area contributed by atoms with Gasteiger partial charge in [-0.05, 0) is 55.0 Å². The molecule has 26 heavy (non-hydrogen) atoms. The van der Waals surface area contributed by atoms with Crippen molar-refractivity contribution in [2.45, 2.75) is 6.92 Å². The first-order chi connectivity index (χ1) is 12.7. The summed E-state index contributed by atoms with van der Waals surface area (Å²) >= 11 is 0. The third-order valence-corrected chi connectivity index (χ3v) is 4.01. The van der Waals surface area contributed by atoms with Crippen molar-refractivity contribution in [1.29, 1.82) is 0 Å². The first-order valence-corrected chi connectivity index (χ1v) is 8.41. The van der Waals surface area contributed by atoms with Crippen molar-refractivity contribution in [1.82, 2.24) is 0 Å². The number of carbonyl (C=O) groups excluding carboxylic acids is 1. The minimum atomic E-state index is -0.464. The molecule has 0 N–H and O–H groups in total. The van der Waals surface area contributed by atoms with Gasteiger partial charge in [0.25, 0.3) is 0 Å².